The van der Waals surface area contributed by atoms with E-state index in [0.29, 0.717) is 0 Å². The fourth-order valence-corrected chi connectivity index (χ4v) is 5.06. The second kappa shape index (κ2) is 4.58. The Morgan fingerprint density at radius 2 is 1.21 bits per heavy atom. The van der Waals surface area contributed by atoms with Crippen LogP contribution in [0.3, 0.4) is 0 Å². The van der Waals surface area contributed by atoms with Crippen LogP contribution >= 0.6 is 0 Å². The summed E-state index contributed by atoms with van der Waals surface area (Å²) >= 11 is 0. The molecule has 134 valence electrons. The summed E-state index contributed by atoms with van der Waals surface area (Å²) in [5, 5.41) is 2.04. The van der Waals surface area contributed by atoms with Crippen molar-refractivity contribution < 1.29 is 18.6 Å². The molecular weight excluding hydrogens is 363 g/mol. The Morgan fingerprint density at radius 3 is 1.97 bits per heavy atom. The molecular formula is C24H11BO4. The van der Waals surface area contributed by atoms with E-state index in [9.17, 15) is 0 Å². The molecule has 0 radical (unpaired) electrons. The van der Waals surface area contributed by atoms with Crippen molar-refractivity contribution in [2.75, 3.05) is 0 Å². The lowest BCUT2D eigenvalue weighted by Gasteiger charge is -2.37. The van der Waals surface area contributed by atoms with Crippen LogP contribution in [0.15, 0.2) is 71.1 Å². The number of rotatable bonds is 0. The molecule has 5 heteroatoms. The van der Waals surface area contributed by atoms with Crippen LogP contribution in [-0.2, 0) is 0 Å². The molecule has 0 saturated carbocycles. The number of fused-ring (bicyclic) bond motifs is 4. The number of hydrogen-bond donors (Lipinski definition) is 0. The maximum atomic E-state index is 6.51. The Balaban J connectivity index is 1.59. The van der Waals surface area contributed by atoms with Crippen LogP contribution < -0.4 is 30.6 Å². The zero-order valence-electron chi connectivity index (χ0n) is 15.1. The molecule has 29 heavy (non-hydrogen) atoms. The molecule has 3 aliphatic rings. The molecule has 0 aliphatic carbocycles. The van der Waals surface area contributed by atoms with Crippen molar-refractivity contribution in [3.8, 4) is 34.5 Å². The highest BCUT2D eigenvalue weighted by Crippen LogP contribution is 2.46. The Hall–Kier alpha value is -3.86. The normalized spacial score (nSPS) is 14.3. The van der Waals surface area contributed by atoms with Gasteiger partial charge in [0.25, 0.3) is 6.71 Å². The lowest BCUT2D eigenvalue weighted by Crippen LogP contribution is -2.59. The van der Waals surface area contributed by atoms with Crippen LogP contribution in [0, 0.1) is 0 Å². The van der Waals surface area contributed by atoms with E-state index in [1.165, 1.54) is 0 Å². The first-order valence-electron chi connectivity index (χ1n) is 9.64. The molecule has 0 spiro atoms. The number of para-hydroxylation sites is 1. The van der Waals surface area contributed by atoms with Crippen molar-refractivity contribution in [2.45, 2.75) is 0 Å². The summed E-state index contributed by atoms with van der Waals surface area (Å²) in [6, 6.07) is 22.0. The third-order valence-corrected chi connectivity index (χ3v) is 6.19. The number of ether oxygens (including phenoxy) is 3. The summed E-state index contributed by atoms with van der Waals surface area (Å²) in [6.45, 7) is 0.0201. The minimum Gasteiger partial charge on any atom is -0.458 e. The van der Waals surface area contributed by atoms with E-state index < -0.39 is 0 Å². The third kappa shape index (κ3) is 1.56. The first-order chi connectivity index (χ1) is 14.4. The Bertz CT molecular complexity index is 1530. The van der Waals surface area contributed by atoms with E-state index in [-0.39, 0.29) is 6.71 Å². The zero-order chi connectivity index (χ0) is 18.7. The van der Waals surface area contributed by atoms with Gasteiger partial charge >= 0.3 is 0 Å². The Morgan fingerprint density at radius 1 is 0.552 bits per heavy atom. The van der Waals surface area contributed by atoms with Crippen LogP contribution in [0.25, 0.3) is 21.9 Å². The molecule has 1 aromatic heterocycles. The van der Waals surface area contributed by atoms with Crippen molar-refractivity contribution in [1.29, 1.82) is 0 Å². The predicted molar refractivity (Wildman–Crippen MR) is 111 cm³/mol. The summed E-state index contributed by atoms with van der Waals surface area (Å²) in [7, 11) is 0. The van der Waals surface area contributed by atoms with Crippen LogP contribution in [0.1, 0.15) is 0 Å². The Kier molecular flexibility index (Phi) is 2.24. The molecule has 4 nitrogen and oxygen atoms in total. The average Bonchev–Trinajstić information content (AvgIpc) is 3.12. The minimum absolute atomic E-state index is 0.0201. The number of benzene rings is 4. The fraction of sp³-hybridized carbons (Fsp3) is 0. The highest BCUT2D eigenvalue weighted by atomic mass is 16.5. The SMILES string of the molecule is c1cc2c3c(c1)Oc1cc4oc5ccccc5c4c4c1B3c1c(cccc1O4)O2. The van der Waals surface area contributed by atoms with Gasteiger partial charge in [0.15, 0.2) is 0 Å². The standard InChI is InChI=1S/C24H11BO4/c1-2-6-13-12(5-1)20-18(26-13)11-19-23-24(20)29-17-10-4-8-15-22(17)25(23)21-14(27-15)7-3-9-16(21)28-19/h1-11H. The van der Waals surface area contributed by atoms with Gasteiger partial charge in [0.2, 0.25) is 0 Å². The van der Waals surface area contributed by atoms with Gasteiger partial charge in [-0.1, -0.05) is 30.3 Å². The maximum absolute atomic E-state index is 6.51. The lowest BCUT2D eigenvalue weighted by atomic mass is 9.34. The van der Waals surface area contributed by atoms with Gasteiger partial charge in [0.05, 0.1) is 5.39 Å². The highest BCUT2D eigenvalue weighted by Gasteiger charge is 2.47. The molecule has 0 amide bonds. The molecule has 4 heterocycles. The molecule has 0 bridgehead atoms. The Labute approximate surface area is 165 Å². The third-order valence-electron chi connectivity index (χ3n) is 6.19. The van der Waals surface area contributed by atoms with Crippen LogP contribution in [0.2, 0.25) is 0 Å². The largest absolute Gasteiger partial charge is 0.458 e. The van der Waals surface area contributed by atoms with E-state index in [0.717, 1.165) is 72.8 Å². The predicted octanol–water partition coefficient (Wildman–Crippen LogP) is 4.42. The summed E-state index contributed by atoms with van der Waals surface area (Å²) in [6.07, 6.45) is 0. The van der Waals surface area contributed by atoms with E-state index in [1.54, 1.807) is 0 Å². The molecule has 8 rings (SSSR count). The molecule has 3 aliphatic heterocycles. The smallest absolute Gasteiger partial charge is 0.270 e. The van der Waals surface area contributed by atoms with Crippen molar-refractivity contribution in [3.05, 3.63) is 66.7 Å². The van der Waals surface area contributed by atoms with Gasteiger partial charge in [-0.15, -0.1) is 0 Å². The van der Waals surface area contributed by atoms with Gasteiger partial charge in [-0.05, 0) is 30.3 Å². The zero-order valence-corrected chi connectivity index (χ0v) is 15.1. The van der Waals surface area contributed by atoms with Crippen LogP contribution in [-0.4, -0.2) is 6.71 Å². The van der Waals surface area contributed by atoms with Crippen molar-refractivity contribution in [1.82, 2.24) is 0 Å². The van der Waals surface area contributed by atoms with Gasteiger partial charge in [0.1, 0.15) is 45.7 Å². The van der Waals surface area contributed by atoms with Gasteiger partial charge in [0, 0.05) is 27.8 Å². The van der Waals surface area contributed by atoms with Gasteiger partial charge in [-0.3, -0.25) is 0 Å². The first kappa shape index (κ1) is 14.2. The fourth-order valence-electron chi connectivity index (χ4n) is 5.06. The van der Waals surface area contributed by atoms with Gasteiger partial charge < -0.3 is 18.6 Å². The molecule has 0 N–H and O–H groups in total. The second-order valence-corrected chi connectivity index (χ2v) is 7.66. The maximum Gasteiger partial charge on any atom is 0.270 e. The van der Waals surface area contributed by atoms with Gasteiger partial charge in [-0.2, -0.15) is 0 Å². The van der Waals surface area contributed by atoms with E-state index in [4.69, 9.17) is 18.6 Å². The molecule has 5 aromatic rings. The summed E-state index contributed by atoms with van der Waals surface area (Å²) in [4.78, 5) is 0. The molecule has 0 fully saturated rings. The average molecular weight is 374 g/mol. The molecule has 0 atom stereocenters. The van der Waals surface area contributed by atoms with Crippen molar-refractivity contribution in [2.24, 2.45) is 0 Å². The van der Waals surface area contributed by atoms with E-state index in [1.807, 2.05) is 60.7 Å². The minimum atomic E-state index is 0.0201. The first-order valence-corrected chi connectivity index (χ1v) is 9.64. The van der Waals surface area contributed by atoms with Gasteiger partial charge in [-0.25, -0.2) is 0 Å². The summed E-state index contributed by atoms with van der Waals surface area (Å²) in [5.41, 5.74) is 4.79. The highest BCUT2D eigenvalue weighted by molar-refractivity contribution is 6.99. The summed E-state index contributed by atoms with van der Waals surface area (Å²) in [5.74, 6) is 4.93. The van der Waals surface area contributed by atoms with Crippen LogP contribution in [0.4, 0.5) is 0 Å². The molecule has 4 aromatic carbocycles. The van der Waals surface area contributed by atoms with Crippen molar-refractivity contribution in [3.63, 3.8) is 0 Å². The quantitative estimate of drug-likeness (QED) is 0.369. The van der Waals surface area contributed by atoms with Crippen LogP contribution in [0.5, 0.6) is 34.5 Å². The topological polar surface area (TPSA) is 40.8 Å². The molecule has 0 unspecified atom stereocenters. The van der Waals surface area contributed by atoms with E-state index >= 15 is 0 Å². The van der Waals surface area contributed by atoms with E-state index in [2.05, 4.69) is 6.07 Å². The number of furan rings is 1. The number of hydrogen-bond acceptors (Lipinski definition) is 4. The summed E-state index contributed by atoms with van der Waals surface area (Å²) < 4.78 is 25.2. The second-order valence-electron chi connectivity index (χ2n) is 7.66. The van der Waals surface area contributed by atoms with Crippen molar-refractivity contribution >= 4 is 45.0 Å². The lowest BCUT2D eigenvalue weighted by molar-refractivity contribution is 0.445. The molecule has 0 saturated heterocycles. The monoisotopic (exact) mass is 374 g/mol.